The molecule has 1 saturated heterocycles. The van der Waals surface area contributed by atoms with E-state index in [0.29, 0.717) is 13.1 Å². The molecule has 5 rings (SSSR count). The van der Waals surface area contributed by atoms with Crippen LogP contribution in [-0.2, 0) is 10.4 Å². The molecule has 35 heavy (non-hydrogen) atoms. The highest BCUT2D eigenvalue weighted by Gasteiger charge is 2.46. The molecular formula is C27H31N5O3. The van der Waals surface area contributed by atoms with Crippen molar-refractivity contribution in [3.8, 4) is 22.6 Å². The lowest BCUT2D eigenvalue weighted by Gasteiger charge is -2.35. The first kappa shape index (κ1) is 23.0. The summed E-state index contributed by atoms with van der Waals surface area (Å²) in [5.74, 6) is 2.30. The molecule has 4 N–H and O–H groups in total. The molecule has 8 nitrogen and oxygen atoms in total. The van der Waals surface area contributed by atoms with Crippen LogP contribution < -0.4 is 15.8 Å². The number of H-pyrrole nitrogens is 1. The molecule has 0 bridgehead atoms. The SMILES string of the molecule is CC(C)(C)OC(=O)N1CCC(C2(N)N=CNc3[nH]cc(-c4ccc(Oc5ccccc5)cc4)c32)C1. The van der Waals surface area contributed by atoms with Gasteiger partial charge in [-0.25, -0.2) is 9.79 Å². The Labute approximate surface area is 205 Å². The number of aromatic nitrogens is 1. The van der Waals surface area contributed by atoms with Gasteiger partial charge in [0.25, 0.3) is 0 Å². The lowest BCUT2D eigenvalue weighted by atomic mass is 9.83. The van der Waals surface area contributed by atoms with Crippen molar-refractivity contribution in [1.29, 1.82) is 0 Å². The fourth-order valence-electron chi connectivity index (χ4n) is 4.70. The Morgan fingerprint density at radius 2 is 1.83 bits per heavy atom. The first-order valence-corrected chi connectivity index (χ1v) is 11.9. The molecule has 0 radical (unpaired) electrons. The van der Waals surface area contributed by atoms with E-state index >= 15 is 0 Å². The Morgan fingerprint density at radius 3 is 2.54 bits per heavy atom. The largest absolute Gasteiger partial charge is 0.457 e. The standard InChI is InChI=1S/C27H31N5O3/c1-26(2,3)35-25(33)32-14-13-19(16-32)27(28)23-22(15-29-24(23)30-17-31-27)18-9-11-21(12-10-18)34-20-7-5-4-6-8-20/h4-12,15,17,19,29H,13-14,16,28H2,1-3H3,(H,30,31). The summed E-state index contributed by atoms with van der Waals surface area (Å²) < 4.78 is 11.5. The van der Waals surface area contributed by atoms with Gasteiger partial charge in [-0.15, -0.1) is 0 Å². The third-order valence-electron chi connectivity index (χ3n) is 6.37. The Bertz CT molecular complexity index is 1230. The van der Waals surface area contributed by atoms with Crippen LogP contribution in [0.3, 0.4) is 0 Å². The lowest BCUT2D eigenvalue weighted by molar-refractivity contribution is 0.0281. The van der Waals surface area contributed by atoms with Gasteiger partial charge < -0.3 is 30.4 Å². The van der Waals surface area contributed by atoms with Gasteiger partial charge in [0, 0.05) is 36.3 Å². The van der Waals surface area contributed by atoms with E-state index in [-0.39, 0.29) is 12.0 Å². The molecule has 2 aliphatic rings. The van der Waals surface area contributed by atoms with Gasteiger partial charge in [-0.2, -0.15) is 0 Å². The topological polar surface area (TPSA) is 105 Å². The summed E-state index contributed by atoms with van der Waals surface area (Å²) in [5.41, 5.74) is 8.36. The third-order valence-corrected chi connectivity index (χ3v) is 6.37. The van der Waals surface area contributed by atoms with Gasteiger partial charge in [-0.3, -0.25) is 0 Å². The maximum Gasteiger partial charge on any atom is 0.410 e. The quantitative estimate of drug-likeness (QED) is 0.477. The van der Waals surface area contributed by atoms with Crippen molar-refractivity contribution >= 4 is 18.2 Å². The number of para-hydroxylation sites is 1. The van der Waals surface area contributed by atoms with E-state index in [1.54, 1.807) is 11.2 Å². The van der Waals surface area contributed by atoms with Crippen LogP contribution in [-0.4, -0.2) is 41.0 Å². The van der Waals surface area contributed by atoms with Gasteiger partial charge in [0.1, 0.15) is 28.6 Å². The van der Waals surface area contributed by atoms with Crippen LogP contribution in [0.1, 0.15) is 32.8 Å². The summed E-state index contributed by atoms with van der Waals surface area (Å²) in [6.45, 7) is 6.68. The second-order valence-corrected chi connectivity index (χ2v) is 10.0. The molecule has 2 atom stereocenters. The molecule has 1 fully saturated rings. The van der Waals surface area contributed by atoms with Crippen LogP contribution in [0.4, 0.5) is 10.6 Å². The first-order chi connectivity index (χ1) is 16.7. The van der Waals surface area contributed by atoms with E-state index in [0.717, 1.165) is 40.4 Å². The number of nitrogens with zero attached hydrogens (tertiary/aromatic N) is 2. The van der Waals surface area contributed by atoms with Crippen molar-refractivity contribution in [1.82, 2.24) is 9.88 Å². The van der Waals surface area contributed by atoms with Crippen molar-refractivity contribution in [2.24, 2.45) is 16.6 Å². The van der Waals surface area contributed by atoms with Crippen molar-refractivity contribution in [2.75, 3.05) is 18.4 Å². The third kappa shape index (κ3) is 4.61. The van der Waals surface area contributed by atoms with Crippen LogP contribution in [0, 0.1) is 5.92 Å². The van der Waals surface area contributed by atoms with E-state index in [9.17, 15) is 4.79 Å². The van der Waals surface area contributed by atoms with E-state index in [1.165, 1.54) is 0 Å². The van der Waals surface area contributed by atoms with Gasteiger partial charge in [0.05, 0.1) is 6.34 Å². The second kappa shape index (κ2) is 8.78. The predicted molar refractivity (Wildman–Crippen MR) is 137 cm³/mol. The average molecular weight is 474 g/mol. The molecule has 0 spiro atoms. The number of nitrogens with one attached hydrogen (secondary N) is 2. The number of rotatable bonds is 4. The molecule has 2 aromatic carbocycles. The number of aromatic amines is 1. The summed E-state index contributed by atoms with van der Waals surface area (Å²) in [4.78, 5) is 22.4. The van der Waals surface area contributed by atoms with Crippen LogP contribution >= 0.6 is 0 Å². The maximum atomic E-state index is 12.6. The normalized spacial score (nSPS) is 21.4. The molecular weight excluding hydrogens is 442 g/mol. The molecule has 2 unspecified atom stereocenters. The first-order valence-electron chi connectivity index (χ1n) is 11.9. The minimum Gasteiger partial charge on any atom is -0.457 e. The number of nitrogens with two attached hydrogens (primary N) is 1. The number of amides is 1. The maximum absolute atomic E-state index is 12.6. The fourth-order valence-corrected chi connectivity index (χ4v) is 4.70. The summed E-state index contributed by atoms with van der Waals surface area (Å²) in [6.07, 6.45) is 4.00. The van der Waals surface area contributed by atoms with Crippen molar-refractivity contribution in [3.63, 3.8) is 0 Å². The van der Waals surface area contributed by atoms with Gasteiger partial charge in [-0.05, 0) is 57.0 Å². The molecule has 3 aromatic rings. The lowest BCUT2D eigenvalue weighted by Crippen LogP contribution is -2.47. The highest BCUT2D eigenvalue weighted by Crippen LogP contribution is 2.45. The van der Waals surface area contributed by atoms with E-state index < -0.39 is 11.3 Å². The highest BCUT2D eigenvalue weighted by molar-refractivity contribution is 5.85. The minimum atomic E-state index is -0.980. The van der Waals surface area contributed by atoms with E-state index in [4.69, 9.17) is 20.2 Å². The number of carbonyl (C=O) groups excluding carboxylic acids is 1. The smallest absolute Gasteiger partial charge is 0.410 e. The van der Waals surface area contributed by atoms with Crippen LogP contribution in [0.2, 0.25) is 0 Å². The number of aliphatic imine (C=N–C) groups is 1. The molecule has 3 heterocycles. The highest BCUT2D eigenvalue weighted by atomic mass is 16.6. The van der Waals surface area contributed by atoms with Gasteiger partial charge in [0.2, 0.25) is 0 Å². The number of carbonyl (C=O) groups is 1. The predicted octanol–water partition coefficient (Wildman–Crippen LogP) is 5.30. The van der Waals surface area contributed by atoms with Gasteiger partial charge in [0.15, 0.2) is 0 Å². The minimum absolute atomic E-state index is 0.0534. The number of fused-ring (bicyclic) bond motifs is 1. The van der Waals surface area contributed by atoms with Crippen molar-refractivity contribution < 1.29 is 14.3 Å². The van der Waals surface area contributed by atoms with Crippen LogP contribution in [0.25, 0.3) is 11.1 Å². The molecule has 1 amide bonds. The zero-order valence-electron chi connectivity index (χ0n) is 20.2. The molecule has 0 aliphatic carbocycles. The van der Waals surface area contributed by atoms with Crippen LogP contribution in [0.5, 0.6) is 11.5 Å². The van der Waals surface area contributed by atoms with E-state index in [2.05, 4.69) is 10.3 Å². The number of hydrogen-bond donors (Lipinski definition) is 3. The molecule has 1 aromatic heterocycles. The molecule has 8 heteroatoms. The zero-order chi connectivity index (χ0) is 24.6. The summed E-state index contributed by atoms with van der Waals surface area (Å²) in [7, 11) is 0. The van der Waals surface area contributed by atoms with Crippen molar-refractivity contribution in [3.05, 3.63) is 66.4 Å². The van der Waals surface area contributed by atoms with E-state index in [1.807, 2.05) is 81.6 Å². The summed E-state index contributed by atoms with van der Waals surface area (Å²) >= 11 is 0. The fraction of sp³-hybridized carbons (Fsp3) is 0.333. The van der Waals surface area contributed by atoms with Crippen molar-refractivity contribution in [2.45, 2.75) is 38.5 Å². The number of benzene rings is 2. The molecule has 2 aliphatic heterocycles. The van der Waals surface area contributed by atoms with Gasteiger partial charge >= 0.3 is 6.09 Å². The Hall–Kier alpha value is -3.78. The summed E-state index contributed by atoms with van der Waals surface area (Å²) in [6, 6.07) is 17.6. The number of likely N-dealkylation sites (tertiary alicyclic amines) is 1. The Morgan fingerprint density at radius 1 is 1.11 bits per heavy atom. The number of hydrogen-bond acceptors (Lipinski definition) is 6. The Balaban J connectivity index is 1.39. The monoisotopic (exact) mass is 473 g/mol. The number of anilines is 1. The average Bonchev–Trinajstić information content (AvgIpc) is 3.49. The molecule has 182 valence electrons. The Kier molecular flexibility index (Phi) is 5.76. The van der Waals surface area contributed by atoms with Gasteiger partial charge in [-0.1, -0.05) is 30.3 Å². The number of ether oxygens (including phenoxy) is 2. The summed E-state index contributed by atoms with van der Waals surface area (Å²) in [5, 5.41) is 3.18. The van der Waals surface area contributed by atoms with Crippen LogP contribution in [0.15, 0.2) is 65.8 Å². The second-order valence-electron chi connectivity index (χ2n) is 10.0. The molecule has 0 saturated carbocycles. The zero-order valence-corrected chi connectivity index (χ0v) is 20.2.